The first kappa shape index (κ1) is 13.9. The van der Waals surface area contributed by atoms with Crippen LogP contribution in [0.15, 0.2) is 42.5 Å². The fourth-order valence-corrected chi connectivity index (χ4v) is 1.77. The first-order chi connectivity index (χ1) is 9.29. The molecule has 2 N–H and O–H groups in total. The number of rotatable bonds is 2. The van der Waals surface area contributed by atoms with Crippen LogP contribution in [0.1, 0.15) is 15.9 Å². The Hall–Kier alpha value is -2.50. The molecule has 0 spiro atoms. The van der Waals surface area contributed by atoms with E-state index >= 15 is 0 Å². The fraction of sp³-hybridized carbons (Fsp3) is 0.0714. The van der Waals surface area contributed by atoms with Crippen molar-refractivity contribution < 1.29 is 28.2 Å². The largest absolute Gasteiger partial charge is 0.507 e. The maximum Gasteiger partial charge on any atom is 0.416 e. The molecular formula is C14H9F3O3. The number of carbonyl (C=O) groups is 1. The lowest BCUT2D eigenvalue weighted by Crippen LogP contribution is -2.04. The molecule has 0 aliphatic rings. The number of alkyl halides is 3. The van der Waals surface area contributed by atoms with Crippen molar-refractivity contribution in [3.05, 3.63) is 53.6 Å². The van der Waals surface area contributed by atoms with Crippen molar-refractivity contribution in [3.8, 4) is 16.9 Å². The van der Waals surface area contributed by atoms with Crippen LogP contribution in [0.25, 0.3) is 11.1 Å². The predicted octanol–water partition coefficient (Wildman–Crippen LogP) is 3.78. The van der Waals surface area contributed by atoms with Gasteiger partial charge in [-0.15, -0.1) is 0 Å². The molecule has 0 heterocycles. The van der Waals surface area contributed by atoms with Crippen molar-refractivity contribution >= 4 is 5.97 Å². The second-order valence-corrected chi connectivity index (χ2v) is 4.12. The van der Waals surface area contributed by atoms with Gasteiger partial charge in [-0.05, 0) is 35.9 Å². The molecule has 0 aliphatic carbocycles. The minimum absolute atomic E-state index is 0.140. The highest BCUT2D eigenvalue weighted by molar-refractivity contribution is 5.89. The third kappa shape index (κ3) is 2.74. The summed E-state index contributed by atoms with van der Waals surface area (Å²) in [7, 11) is 0. The molecule has 2 aromatic carbocycles. The van der Waals surface area contributed by atoms with E-state index in [0.717, 1.165) is 18.2 Å². The Morgan fingerprint density at radius 2 is 1.75 bits per heavy atom. The summed E-state index contributed by atoms with van der Waals surface area (Å²) < 4.78 is 37.8. The average molecular weight is 282 g/mol. The third-order valence-electron chi connectivity index (χ3n) is 2.75. The highest BCUT2D eigenvalue weighted by Crippen LogP contribution is 2.35. The number of phenolic OH excluding ortho intramolecular Hbond substituents is 1. The fourth-order valence-electron chi connectivity index (χ4n) is 1.77. The van der Waals surface area contributed by atoms with Crippen LogP contribution in [0.2, 0.25) is 0 Å². The monoisotopic (exact) mass is 282 g/mol. The highest BCUT2D eigenvalue weighted by Gasteiger charge is 2.30. The Morgan fingerprint density at radius 1 is 1.05 bits per heavy atom. The van der Waals surface area contributed by atoms with Crippen LogP contribution in [0, 0.1) is 0 Å². The number of aromatic hydroxyl groups is 1. The zero-order valence-corrected chi connectivity index (χ0v) is 9.98. The van der Waals surface area contributed by atoms with E-state index in [4.69, 9.17) is 5.11 Å². The topological polar surface area (TPSA) is 57.5 Å². The van der Waals surface area contributed by atoms with Gasteiger partial charge in [-0.3, -0.25) is 0 Å². The molecule has 0 bridgehead atoms. The molecule has 3 nitrogen and oxygen atoms in total. The predicted molar refractivity (Wildman–Crippen MR) is 65.5 cm³/mol. The molecule has 0 fully saturated rings. The summed E-state index contributed by atoms with van der Waals surface area (Å²) in [5.41, 5.74) is -0.676. The summed E-state index contributed by atoms with van der Waals surface area (Å²) in [6.07, 6.45) is -4.48. The number of aromatic carboxylic acids is 1. The molecule has 0 atom stereocenters. The van der Waals surface area contributed by atoms with E-state index in [9.17, 15) is 23.1 Å². The molecule has 0 saturated heterocycles. The van der Waals surface area contributed by atoms with Crippen LogP contribution >= 0.6 is 0 Å². The minimum atomic E-state index is -4.48. The normalized spacial score (nSPS) is 11.3. The first-order valence-electron chi connectivity index (χ1n) is 5.53. The molecule has 0 radical (unpaired) electrons. The van der Waals surface area contributed by atoms with Gasteiger partial charge >= 0.3 is 12.1 Å². The Bertz CT molecular complexity index is 663. The van der Waals surface area contributed by atoms with Crippen LogP contribution in [0.4, 0.5) is 13.2 Å². The van der Waals surface area contributed by atoms with E-state index in [1.165, 1.54) is 24.3 Å². The maximum absolute atomic E-state index is 12.6. The molecule has 0 saturated carbocycles. The van der Waals surface area contributed by atoms with Gasteiger partial charge < -0.3 is 10.2 Å². The average Bonchev–Trinajstić information content (AvgIpc) is 2.37. The quantitative estimate of drug-likeness (QED) is 0.881. The van der Waals surface area contributed by atoms with Gasteiger partial charge in [0.1, 0.15) is 5.75 Å². The molecule has 2 rings (SSSR count). The molecular weight excluding hydrogens is 273 g/mol. The smallest absolute Gasteiger partial charge is 0.416 e. The number of halogens is 3. The van der Waals surface area contributed by atoms with Gasteiger partial charge in [0, 0.05) is 5.56 Å². The Balaban J connectivity index is 2.49. The molecule has 2 aromatic rings. The molecule has 0 aromatic heterocycles. The number of carboxylic acid groups (broad SMARTS) is 1. The zero-order valence-electron chi connectivity index (χ0n) is 9.98. The summed E-state index contributed by atoms with van der Waals surface area (Å²) in [5.74, 6) is -1.61. The number of hydrogen-bond donors (Lipinski definition) is 2. The Morgan fingerprint density at radius 3 is 2.30 bits per heavy atom. The minimum Gasteiger partial charge on any atom is -0.507 e. The maximum atomic E-state index is 12.6. The molecule has 20 heavy (non-hydrogen) atoms. The van der Waals surface area contributed by atoms with Crippen molar-refractivity contribution in [2.45, 2.75) is 6.18 Å². The summed E-state index contributed by atoms with van der Waals surface area (Å²) in [6, 6.07) is 7.94. The van der Waals surface area contributed by atoms with Crippen molar-refractivity contribution in [3.63, 3.8) is 0 Å². The van der Waals surface area contributed by atoms with Crippen molar-refractivity contribution in [2.24, 2.45) is 0 Å². The number of carboxylic acids is 1. The van der Waals surface area contributed by atoms with Gasteiger partial charge in [-0.2, -0.15) is 13.2 Å². The zero-order chi connectivity index (χ0) is 14.9. The standard InChI is InChI=1S/C14H9F3O3/c15-14(16,17)10-3-1-2-8(6-10)11-5-4-9(13(19)20)7-12(11)18/h1-7,18H,(H,19,20). The lowest BCUT2D eigenvalue weighted by atomic mass is 10.0. The van der Waals surface area contributed by atoms with Crippen molar-refractivity contribution in [2.75, 3.05) is 0 Å². The van der Waals surface area contributed by atoms with Gasteiger partial charge in [0.15, 0.2) is 0 Å². The van der Waals surface area contributed by atoms with Crippen LogP contribution in [0.5, 0.6) is 5.75 Å². The molecule has 6 heteroatoms. The van der Waals surface area contributed by atoms with E-state index in [2.05, 4.69) is 0 Å². The van der Waals surface area contributed by atoms with E-state index in [-0.39, 0.29) is 22.4 Å². The molecule has 0 aliphatic heterocycles. The van der Waals surface area contributed by atoms with Gasteiger partial charge in [0.25, 0.3) is 0 Å². The van der Waals surface area contributed by atoms with E-state index in [1.807, 2.05) is 0 Å². The van der Waals surface area contributed by atoms with Crippen LogP contribution < -0.4 is 0 Å². The Labute approximate surface area is 111 Å². The first-order valence-corrected chi connectivity index (χ1v) is 5.53. The lowest BCUT2D eigenvalue weighted by molar-refractivity contribution is -0.137. The van der Waals surface area contributed by atoms with Crippen molar-refractivity contribution in [1.29, 1.82) is 0 Å². The van der Waals surface area contributed by atoms with Crippen LogP contribution in [-0.2, 0) is 6.18 Å². The van der Waals surface area contributed by atoms with Gasteiger partial charge in [-0.1, -0.05) is 12.1 Å². The summed E-state index contributed by atoms with van der Waals surface area (Å²) in [5, 5.41) is 18.5. The van der Waals surface area contributed by atoms with Crippen molar-refractivity contribution in [1.82, 2.24) is 0 Å². The van der Waals surface area contributed by atoms with E-state index in [1.54, 1.807) is 0 Å². The van der Waals surface area contributed by atoms with E-state index in [0.29, 0.717) is 0 Å². The van der Waals surface area contributed by atoms with E-state index < -0.39 is 17.7 Å². The van der Waals surface area contributed by atoms with Gasteiger partial charge in [0.2, 0.25) is 0 Å². The Kier molecular flexibility index (Phi) is 3.40. The molecule has 0 unspecified atom stereocenters. The van der Waals surface area contributed by atoms with Crippen LogP contribution in [-0.4, -0.2) is 16.2 Å². The summed E-state index contributed by atoms with van der Waals surface area (Å²) in [6.45, 7) is 0. The van der Waals surface area contributed by atoms with Gasteiger partial charge in [0.05, 0.1) is 11.1 Å². The second-order valence-electron chi connectivity index (χ2n) is 4.12. The number of phenols is 1. The molecule has 104 valence electrons. The lowest BCUT2D eigenvalue weighted by Gasteiger charge is -2.10. The van der Waals surface area contributed by atoms with Crippen LogP contribution in [0.3, 0.4) is 0 Å². The highest BCUT2D eigenvalue weighted by atomic mass is 19.4. The number of hydrogen-bond acceptors (Lipinski definition) is 2. The third-order valence-corrected chi connectivity index (χ3v) is 2.75. The SMILES string of the molecule is O=C(O)c1ccc(-c2cccc(C(F)(F)F)c2)c(O)c1. The molecule has 0 amide bonds. The summed E-state index contributed by atoms with van der Waals surface area (Å²) >= 11 is 0. The number of benzene rings is 2. The second kappa shape index (κ2) is 4.88. The summed E-state index contributed by atoms with van der Waals surface area (Å²) in [4.78, 5) is 10.7. The van der Waals surface area contributed by atoms with Gasteiger partial charge in [-0.25, -0.2) is 4.79 Å².